The van der Waals surface area contributed by atoms with Gasteiger partial charge in [-0.3, -0.25) is 5.32 Å². The molecule has 0 saturated carbocycles. The van der Waals surface area contributed by atoms with Crippen molar-refractivity contribution in [1.29, 1.82) is 0 Å². The lowest BCUT2D eigenvalue weighted by atomic mass is 9.94. The van der Waals surface area contributed by atoms with Crippen LogP contribution in [-0.4, -0.2) is 48.3 Å². The van der Waals surface area contributed by atoms with Crippen molar-refractivity contribution in [3.05, 3.63) is 24.4 Å². The fourth-order valence-electron chi connectivity index (χ4n) is 2.66. The second kappa shape index (κ2) is 8.65. The molecule has 2 heterocycles. The number of hydrogen-bond acceptors (Lipinski definition) is 6. The van der Waals surface area contributed by atoms with Crippen molar-refractivity contribution in [1.82, 2.24) is 35.3 Å². The molecule has 134 valence electrons. The van der Waals surface area contributed by atoms with Crippen LogP contribution in [0.2, 0.25) is 0 Å². The van der Waals surface area contributed by atoms with Gasteiger partial charge in [0, 0.05) is 32.0 Å². The first-order valence-corrected chi connectivity index (χ1v) is 9.28. The molecule has 0 aromatic carbocycles. The van der Waals surface area contributed by atoms with Gasteiger partial charge in [0.1, 0.15) is 5.82 Å². The number of nitrogens with zero attached hydrogens (tertiary/aromatic N) is 6. The molecule has 25 heavy (non-hydrogen) atoms. The van der Waals surface area contributed by atoms with Crippen molar-refractivity contribution < 1.29 is 4.79 Å². The zero-order chi connectivity index (χ0) is 17.5. The van der Waals surface area contributed by atoms with E-state index in [0.29, 0.717) is 18.2 Å². The molecule has 1 aliphatic carbocycles. The Morgan fingerprint density at radius 2 is 2.36 bits per heavy atom. The van der Waals surface area contributed by atoms with Crippen LogP contribution < -0.4 is 10.6 Å². The molecule has 9 nitrogen and oxygen atoms in total. The molecule has 2 amide bonds. The summed E-state index contributed by atoms with van der Waals surface area (Å²) in [6.45, 7) is 1.34. The Hall–Kier alpha value is -2.36. The highest BCUT2D eigenvalue weighted by Crippen LogP contribution is 2.21. The van der Waals surface area contributed by atoms with Gasteiger partial charge in [0.25, 0.3) is 0 Å². The zero-order valence-corrected chi connectivity index (χ0v) is 14.9. The van der Waals surface area contributed by atoms with Crippen LogP contribution in [0.15, 0.2) is 29.6 Å². The van der Waals surface area contributed by atoms with E-state index in [1.54, 1.807) is 17.9 Å². The Bertz CT molecular complexity index is 725. The van der Waals surface area contributed by atoms with Gasteiger partial charge in [-0.1, -0.05) is 23.9 Å². The molecular formula is C15H22N8OS. The Balaban J connectivity index is 1.41. The van der Waals surface area contributed by atoms with Crippen LogP contribution in [0.3, 0.4) is 0 Å². The highest BCUT2D eigenvalue weighted by molar-refractivity contribution is 7.99. The van der Waals surface area contributed by atoms with Gasteiger partial charge in [0.2, 0.25) is 5.16 Å². The Labute approximate surface area is 150 Å². The molecule has 1 atom stereocenters. The Morgan fingerprint density at radius 1 is 1.44 bits per heavy atom. The van der Waals surface area contributed by atoms with Gasteiger partial charge < -0.3 is 5.32 Å². The standard InChI is InChI=1S/C15H22N8OS/c1-22-15(19-20-21-22)25-10-9-16-14(24)18-13-7-8-17-23(13)11-12-5-3-2-4-6-12/h2-3,7-8,12H,4-6,9-11H2,1H3,(H2,16,18,24)/t12-/m0/s1. The number of urea groups is 1. The molecule has 10 heteroatoms. The van der Waals surface area contributed by atoms with E-state index in [1.165, 1.54) is 11.8 Å². The molecule has 0 aliphatic heterocycles. The molecule has 0 bridgehead atoms. The number of amides is 2. The lowest BCUT2D eigenvalue weighted by Gasteiger charge is -2.19. The molecule has 2 aromatic rings. The molecule has 0 unspecified atom stereocenters. The number of carbonyl (C=O) groups is 1. The summed E-state index contributed by atoms with van der Waals surface area (Å²) in [5.74, 6) is 1.98. The first-order chi connectivity index (χ1) is 12.2. The van der Waals surface area contributed by atoms with E-state index in [-0.39, 0.29) is 6.03 Å². The molecule has 0 saturated heterocycles. The Kier molecular flexibility index (Phi) is 6.04. The smallest absolute Gasteiger partial charge is 0.320 e. The highest BCUT2D eigenvalue weighted by atomic mass is 32.2. The predicted molar refractivity (Wildman–Crippen MR) is 95.3 cm³/mol. The fraction of sp³-hybridized carbons (Fsp3) is 0.533. The van der Waals surface area contributed by atoms with E-state index in [2.05, 4.69) is 43.4 Å². The molecule has 3 rings (SSSR count). The van der Waals surface area contributed by atoms with Crippen LogP contribution in [0, 0.1) is 5.92 Å². The maximum absolute atomic E-state index is 12.1. The minimum atomic E-state index is -0.234. The monoisotopic (exact) mass is 362 g/mol. The van der Waals surface area contributed by atoms with Gasteiger partial charge in [-0.25, -0.2) is 14.2 Å². The van der Waals surface area contributed by atoms with Crippen molar-refractivity contribution in [3.8, 4) is 0 Å². The van der Waals surface area contributed by atoms with E-state index in [9.17, 15) is 4.79 Å². The number of tetrazole rings is 1. The largest absolute Gasteiger partial charge is 0.337 e. The van der Waals surface area contributed by atoms with Gasteiger partial charge in [0.05, 0.1) is 6.20 Å². The lowest BCUT2D eigenvalue weighted by molar-refractivity contribution is 0.252. The number of allylic oxidation sites excluding steroid dienone is 2. The first kappa shape index (κ1) is 17.5. The summed E-state index contributed by atoms with van der Waals surface area (Å²) in [5, 5.41) is 22.0. The minimum Gasteiger partial charge on any atom is -0.337 e. The molecule has 0 radical (unpaired) electrons. The van der Waals surface area contributed by atoms with E-state index in [0.717, 1.165) is 36.8 Å². The third-order valence-electron chi connectivity index (χ3n) is 3.97. The summed E-state index contributed by atoms with van der Waals surface area (Å²) in [4.78, 5) is 12.1. The van der Waals surface area contributed by atoms with Crippen molar-refractivity contribution in [2.24, 2.45) is 13.0 Å². The van der Waals surface area contributed by atoms with Crippen LogP contribution in [0.25, 0.3) is 0 Å². The van der Waals surface area contributed by atoms with E-state index in [4.69, 9.17) is 0 Å². The van der Waals surface area contributed by atoms with Crippen molar-refractivity contribution in [3.63, 3.8) is 0 Å². The van der Waals surface area contributed by atoms with E-state index < -0.39 is 0 Å². The van der Waals surface area contributed by atoms with Gasteiger partial charge in [-0.15, -0.1) is 5.10 Å². The third kappa shape index (κ3) is 5.05. The quantitative estimate of drug-likeness (QED) is 0.441. The van der Waals surface area contributed by atoms with Crippen LogP contribution >= 0.6 is 11.8 Å². The summed E-state index contributed by atoms with van der Waals surface area (Å²) in [5.41, 5.74) is 0. The van der Waals surface area contributed by atoms with Gasteiger partial charge in [0.15, 0.2) is 0 Å². The molecule has 2 N–H and O–H groups in total. The summed E-state index contributed by atoms with van der Waals surface area (Å²) in [6.07, 6.45) is 9.51. The molecular weight excluding hydrogens is 340 g/mol. The number of aryl methyl sites for hydroxylation is 1. The molecule has 2 aromatic heterocycles. The van der Waals surface area contributed by atoms with Crippen LogP contribution in [0.5, 0.6) is 0 Å². The fourth-order valence-corrected chi connectivity index (χ4v) is 3.37. The predicted octanol–water partition coefficient (Wildman–Crippen LogP) is 1.68. The molecule has 0 spiro atoms. The molecule has 1 aliphatic rings. The third-order valence-corrected chi connectivity index (χ3v) is 4.98. The topological polar surface area (TPSA) is 103 Å². The number of thioether (sulfide) groups is 1. The minimum absolute atomic E-state index is 0.234. The second-order valence-corrected chi connectivity index (χ2v) is 6.93. The highest BCUT2D eigenvalue weighted by Gasteiger charge is 2.14. The van der Waals surface area contributed by atoms with Gasteiger partial charge >= 0.3 is 6.03 Å². The number of nitrogens with one attached hydrogen (secondary N) is 2. The van der Waals surface area contributed by atoms with Crippen LogP contribution in [0.4, 0.5) is 10.6 Å². The number of hydrogen-bond donors (Lipinski definition) is 2. The summed E-state index contributed by atoms with van der Waals surface area (Å²) in [7, 11) is 1.78. The number of rotatable bonds is 7. The van der Waals surface area contributed by atoms with Gasteiger partial charge in [-0.2, -0.15) is 5.10 Å². The summed E-state index contributed by atoms with van der Waals surface area (Å²) >= 11 is 1.49. The summed E-state index contributed by atoms with van der Waals surface area (Å²) < 4.78 is 3.47. The zero-order valence-electron chi connectivity index (χ0n) is 14.1. The maximum Gasteiger partial charge on any atom is 0.320 e. The molecule has 0 fully saturated rings. The van der Waals surface area contributed by atoms with Crippen LogP contribution in [-0.2, 0) is 13.6 Å². The van der Waals surface area contributed by atoms with Gasteiger partial charge in [-0.05, 0) is 35.6 Å². The second-order valence-electron chi connectivity index (χ2n) is 5.86. The van der Waals surface area contributed by atoms with Crippen LogP contribution in [0.1, 0.15) is 19.3 Å². The first-order valence-electron chi connectivity index (χ1n) is 8.29. The lowest BCUT2D eigenvalue weighted by Crippen LogP contribution is -2.31. The average Bonchev–Trinajstić information content (AvgIpc) is 3.22. The summed E-state index contributed by atoms with van der Waals surface area (Å²) in [6, 6.07) is 1.58. The van der Waals surface area contributed by atoms with Crippen molar-refractivity contribution in [2.75, 3.05) is 17.6 Å². The number of aromatic nitrogens is 6. The van der Waals surface area contributed by atoms with E-state index in [1.807, 2.05) is 10.7 Å². The van der Waals surface area contributed by atoms with E-state index >= 15 is 0 Å². The SMILES string of the molecule is Cn1nnnc1SCCNC(=O)Nc1ccnn1C[C@H]1CC=CCC1. The maximum atomic E-state index is 12.1. The Morgan fingerprint density at radius 3 is 3.12 bits per heavy atom. The average molecular weight is 362 g/mol. The van der Waals surface area contributed by atoms with Crippen molar-refractivity contribution >= 4 is 23.6 Å². The number of carbonyl (C=O) groups excluding carboxylic acids is 1. The normalized spacial score (nSPS) is 16.8. The van der Waals surface area contributed by atoms with Crippen molar-refractivity contribution in [2.45, 2.75) is 31.0 Å². The number of anilines is 1.